The molecule has 0 radical (unpaired) electrons. The molecule has 62 heavy (non-hydrogen) atoms. The van der Waals surface area contributed by atoms with Crippen molar-refractivity contribution < 1.29 is 4.42 Å². The molecular weight excluding hydrogens is 773 g/mol. The van der Waals surface area contributed by atoms with Crippen molar-refractivity contribution in [3.05, 3.63) is 218 Å². The molecule has 3 heterocycles. The average Bonchev–Trinajstić information content (AvgIpc) is 4.02. The van der Waals surface area contributed by atoms with Crippen LogP contribution in [0.1, 0.15) is 0 Å². The maximum Gasteiger partial charge on any atom is 0.145 e. The number of fused-ring (bicyclic) bond motifs is 10. The second-order valence-electron chi connectivity index (χ2n) is 16.0. The highest BCUT2D eigenvalue weighted by Crippen LogP contribution is 2.50. The van der Waals surface area contributed by atoms with Gasteiger partial charge in [-0.2, -0.15) is 0 Å². The molecule has 13 rings (SSSR count). The number of para-hydroxylation sites is 3. The number of anilines is 3. The van der Waals surface area contributed by atoms with Crippen molar-refractivity contribution >= 4 is 103 Å². The molecule has 4 heteroatoms. The van der Waals surface area contributed by atoms with E-state index in [2.05, 4.69) is 228 Å². The molecule has 0 unspecified atom stereocenters. The molecule has 10 aromatic carbocycles. The van der Waals surface area contributed by atoms with Crippen molar-refractivity contribution in [2.24, 2.45) is 0 Å². The van der Waals surface area contributed by atoms with Gasteiger partial charge >= 0.3 is 0 Å². The van der Waals surface area contributed by atoms with Crippen LogP contribution in [0.4, 0.5) is 17.1 Å². The van der Waals surface area contributed by atoms with Gasteiger partial charge in [0.1, 0.15) is 11.2 Å². The van der Waals surface area contributed by atoms with Crippen LogP contribution in [0.2, 0.25) is 0 Å². The summed E-state index contributed by atoms with van der Waals surface area (Å²) < 4.78 is 11.9. The van der Waals surface area contributed by atoms with Crippen molar-refractivity contribution in [1.29, 1.82) is 0 Å². The minimum absolute atomic E-state index is 0.862. The molecule has 3 nitrogen and oxygen atoms in total. The summed E-state index contributed by atoms with van der Waals surface area (Å²) in [5.74, 6) is 0. The lowest BCUT2D eigenvalue weighted by molar-refractivity contribution is 0.670. The predicted octanol–water partition coefficient (Wildman–Crippen LogP) is 17.0. The Morgan fingerprint density at radius 3 is 1.89 bits per heavy atom. The highest BCUT2D eigenvalue weighted by Gasteiger charge is 2.25. The summed E-state index contributed by atoms with van der Waals surface area (Å²) in [6, 6.07) is 79.1. The Balaban J connectivity index is 1.04. The van der Waals surface area contributed by atoms with E-state index in [9.17, 15) is 0 Å². The molecule has 0 fully saturated rings. The van der Waals surface area contributed by atoms with E-state index in [-0.39, 0.29) is 0 Å². The van der Waals surface area contributed by atoms with Crippen LogP contribution in [0.25, 0.3) is 103 Å². The van der Waals surface area contributed by atoms with Gasteiger partial charge in [-0.1, -0.05) is 152 Å². The van der Waals surface area contributed by atoms with Crippen molar-refractivity contribution in [2.75, 3.05) is 4.90 Å². The molecule has 0 saturated carbocycles. The molecule has 3 aromatic heterocycles. The van der Waals surface area contributed by atoms with Gasteiger partial charge in [0.05, 0.1) is 32.5 Å². The number of benzene rings is 10. The third-order valence-corrected chi connectivity index (χ3v) is 13.8. The lowest BCUT2D eigenvalue weighted by Crippen LogP contribution is -2.10. The first kappa shape index (κ1) is 34.9. The fraction of sp³-hybridized carbons (Fsp3) is 0. The van der Waals surface area contributed by atoms with E-state index in [4.69, 9.17) is 4.42 Å². The number of hydrogen-bond donors (Lipinski definition) is 0. The summed E-state index contributed by atoms with van der Waals surface area (Å²) in [6.45, 7) is 0. The molecule has 0 amide bonds. The van der Waals surface area contributed by atoms with Gasteiger partial charge in [-0.05, 0) is 94.2 Å². The summed E-state index contributed by atoms with van der Waals surface area (Å²) in [5.41, 5.74) is 13.0. The van der Waals surface area contributed by atoms with Crippen LogP contribution in [0.15, 0.2) is 223 Å². The zero-order valence-corrected chi connectivity index (χ0v) is 34.3. The lowest BCUT2D eigenvalue weighted by Gasteiger charge is -2.27. The number of rotatable bonds is 6. The second-order valence-corrected chi connectivity index (χ2v) is 17.1. The zero-order valence-electron chi connectivity index (χ0n) is 33.5. The molecule has 0 atom stereocenters. The number of thiophene rings is 1. The third kappa shape index (κ3) is 5.30. The number of aromatic nitrogens is 1. The molecular formula is C58H36N2OS. The predicted molar refractivity (Wildman–Crippen MR) is 264 cm³/mol. The van der Waals surface area contributed by atoms with Gasteiger partial charge in [-0.3, -0.25) is 0 Å². The van der Waals surface area contributed by atoms with Crippen molar-refractivity contribution in [3.63, 3.8) is 0 Å². The van der Waals surface area contributed by atoms with E-state index >= 15 is 0 Å². The fourth-order valence-corrected chi connectivity index (χ4v) is 11.0. The van der Waals surface area contributed by atoms with Crippen LogP contribution in [0, 0.1) is 0 Å². The normalized spacial score (nSPS) is 11.9. The van der Waals surface area contributed by atoms with Gasteiger partial charge < -0.3 is 13.9 Å². The Hall–Kier alpha value is -7.92. The smallest absolute Gasteiger partial charge is 0.145 e. The van der Waals surface area contributed by atoms with Gasteiger partial charge in [0.25, 0.3) is 0 Å². The molecule has 13 aromatic rings. The molecule has 0 aliphatic heterocycles. The maximum atomic E-state index is 6.99. The largest absolute Gasteiger partial charge is 0.455 e. The Morgan fingerprint density at radius 2 is 1.06 bits per heavy atom. The first-order valence-electron chi connectivity index (χ1n) is 21.1. The first-order valence-corrected chi connectivity index (χ1v) is 21.9. The summed E-state index contributed by atoms with van der Waals surface area (Å²) in [5, 5.41) is 9.68. The average molecular weight is 809 g/mol. The summed E-state index contributed by atoms with van der Waals surface area (Å²) in [7, 11) is 0. The van der Waals surface area contributed by atoms with Crippen molar-refractivity contribution in [1.82, 2.24) is 4.57 Å². The third-order valence-electron chi connectivity index (χ3n) is 12.6. The van der Waals surface area contributed by atoms with Gasteiger partial charge in [0, 0.05) is 48.6 Å². The SMILES string of the molecule is c1cc(-c2ccc(N(c3ccc(-c4cccc5ccccc45)cc3)c3cccc4c3sc3ccccc34)c3c2oc2ccccc23)cc(-n2c3ccccc3c3ccccc32)c1. The molecule has 0 aliphatic carbocycles. The minimum Gasteiger partial charge on any atom is -0.455 e. The van der Waals surface area contributed by atoms with Gasteiger partial charge in [-0.15, -0.1) is 11.3 Å². The Labute approximate surface area is 361 Å². The van der Waals surface area contributed by atoms with E-state index in [0.29, 0.717) is 0 Å². The minimum atomic E-state index is 0.862. The van der Waals surface area contributed by atoms with Crippen LogP contribution in [-0.4, -0.2) is 4.57 Å². The van der Waals surface area contributed by atoms with E-state index in [1.54, 1.807) is 0 Å². The standard InChI is InChI=1S/C58H36N2OS/c1-2-18-42-37(14-1)15-12-23-43(42)38-30-32-40(33-31-38)59(53-27-13-24-48-47-21-6-10-29-55(47)62-58(48)53)52-35-34-44(57-56(52)49-22-5-9-28-54(49)61-57)39-16-11-17-41(36-39)60-50-25-7-3-19-45(50)46-20-4-8-26-51(46)60/h1-36H. The first-order chi connectivity index (χ1) is 30.8. The molecule has 0 saturated heterocycles. The molecule has 0 bridgehead atoms. The number of furan rings is 1. The van der Waals surface area contributed by atoms with E-state index in [0.717, 1.165) is 55.8 Å². The van der Waals surface area contributed by atoms with Crippen molar-refractivity contribution in [2.45, 2.75) is 0 Å². The fourth-order valence-electron chi connectivity index (χ4n) is 9.82. The molecule has 0 spiro atoms. The van der Waals surface area contributed by atoms with Crippen LogP contribution >= 0.6 is 11.3 Å². The number of nitrogens with zero attached hydrogens (tertiary/aromatic N) is 2. The zero-order chi connectivity index (χ0) is 40.7. The van der Waals surface area contributed by atoms with Crippen LogP contribution in [0.3, 0.4) is 0 Å². The highest BCUT2D eigenvalue weighted by molar-refractivity contribution is 7.26. The van der Waals surface area contributed by atoms with Gasteiger partial charge in [0.15, 0.2) is 0 Å². The highest BCUT2D eigenvalue weighted by atomic mass is 32.1. The summed E-state index contributed by atoms with van der Waals surface area (Å²) >= 11 is 1.85. The van der Waals surface area contributed by atoms with Crippen LogP contribution in [0.5, 0.6) is 0 Å². The molecule has 290 valence electrons. The lowest BCUT2D eigenvalue weighted by atomic mass is 9.97. The van der Waals surface area contributed by atoms with Gasteiger partial charge in [0.2, 0.25) is 0 Å². The number of hydrogen-bond acceptors (Lipinski definition) is 3. The Bertz CT molecular complexity index is 3830. The maximum absolute atomic E-state index is 6.99. The molecule has 0 N–H and O–H groups in total. The molecule has 0 aliphatic rings. The van der Waals surface area contributed by atoms with E-state index in [1.165, 1.54) is 63.9 Å². The second kappa shape index (κ2) is 13.8. The Morgan fingerprint density at radius 1 is 0.419 bits per heavy atom. The van der Waals surface area contributed by atoms with Crippen LogP contribution < -0.4 is 4.90 Å². The quantitative estimate of drug-likeness (QED) is 0.167. The Kier molecular flexibility index (Phi) is 7.78. The summed E-state index contributed by atoms with van der Waals surface area (Å²) in [4.78, 5) is 2.45. The topological polar surface area (TPSA) is 21.3 Å². The van der Waals surface area contributed by atoms with Gasteiger partial charge in [-0.25, -0.2) is 0 Å². The summed E-state index contributed by atoms with van der Waals surface area (Å²) in [6.07, 6.45) is 0. The monoisotopic (exact) mass is 808 g/mol. The van der Waals surface area contributed by atoms with Crippen molar-refractivity contribution in [3.8, 4) is 27.9 Å². The van der Waals surface area contributed by atoms with Crippen LogP contribution in [-0.2, 0) is 0 Å². The van der Waals surface area contributed by atoms with E-state index in [1.807, 2.05) is 11.3 Å². The van der Waals surface area contributed by atoms with E-state index < -0.39 is 0 Å².